The van der Waals surface area contributed by atoms with Gasteiger partial charge in [0.2, 0.25) is 0 Å². The van der Waals surface area contributed by atoms with Crippen LogP contribution in [0.3, 0.4) is 0 Å². The molecule has 0 N–H and O–H groups in total. The molecule has 2 heterocycles. The Hall–Kier alpha value is -1.78. The first-order chi connectivity index (χ1) is 11.1. The second-order valence-corrected chi connectivity index (χ2v) is 6.31. The molecule has 0 bridgehead atoms. The van der Waals surface area contributed by atoms with Gasteiger partial charge in [-0.2, -0.15) is 0 Å². The van der Waals surface area contributed by atoms with Gasteiger partial charge < -0.3 is 14.4 Å². The Morgan fingerprint density at radius 3 is 2.61 bits per heavy atom. The van der Waals surface area contributed by atoms with E-state index in [2.05, 4.69) is 47.0 Å². The van der Waals surface area contributed by atoms with E-state index in [-0.39, 0.29) is 0 Å². The Labute approximate surface area is 142 Å². The number of hydrogen-bond donors (Lipinski definition) is 0. The molecule has 23 heavy (non-hydrogen) atoms. The molecule has 0 amide bonds. The minimum atomic E-state index is 0.725. The largest absolute Gasteiger partial charge is 0.366 e. The lowest BCUT2D eigenvalue weighted by molar-refractivity contribution is 0.312. The predicted molar refractivity (Wildman–Crippen MR) is 99.1 cm³/mol. The Balaban J connectivity index is 2.24. The second-order valence-electron chi connectivity index (χ2n) is 5.87. The van der Waals surface area contributed by atoms with Crippen molar-refractivity contribution in [3.63, 3.8) is 0 Å². The molecule has 2 aromatic rings. The van der Waals surface area contributed by atoms with Crippen LogP contribution in [-0.2, 0) is 0 Å². The molecule has 0 atom stereocenters. The lowest BCUT2D eigenvalue weighted by Gasteiger charge is -2.34. The number of hydrogen-bond acceptors (Lipinski definition) is 3. The van der Waals surface area contributed by atoms with Crippen LogP contribution in [0.5, 0.6) is 0 Å². The monoisotopic (exact) mass is 330 g/mol. The molecule has 0 saturated carbocycles. The summed E-state index contributed by atoms with van der Waals surface area (Å²) in [5.74, 6) is 0. The van der Waals surface area contributed by atoms with Gasteiger partial charge in [-0.15, -0.1) is 0 Å². The van der Waals surface area contributed by atoms with Gasteiger partial charge in [0.1, 0.15) is 0 Å². The fourth-order valence-corrected chi connectivity index (χ4v) is 3.24. The summed E-state index contributed by atoms with van der Waals surface area (Å²) < 4.78 is 2.05. The highest BCUT2D eigenvalue weighted by Gasteiger charge is 2.18. The van der Waals surface area contributed by atoms with E-state index in [1.165, 1.54) is 5.69 Å². The number of pyridine rings is 1. The highest BCUT2D eigenvalue weighted by atomic mass is 35.5. The van der Waals surface area contributed by atoms with Gasteiger partial charge in [-0.3, -0.25) is 4.99 Å². The third kappa shape index (κ3) is 3.14. The van der Waals surface area contributed by atoms with Crippen molar-refractivity contribution in [2.75, 3.05) is 44.7 Å². The molecule has 122 valence electrons. The fourth-order valence-electron chi connectivity index (χ4n) is 3.07. The van der Waals surface area contributed by atoms with E-state index in [1.807, 2.05) is 18.3 Å². The average Bonchev–Trinajstić information content (AvgIpc) is 2.55. The van der Waals surface area contributed by atoms with E-state index in [0.717, 1.165) is 54.1 Å². The molecule has 4 nitrogen and oxygen atoms in total. The van der Waals surface area contributed by atoms with Gasteiger partial charge in [-0.1, -0.05) is 24.2 Å². The number of aromatic nitrogens is 1. The summed E-state index contributed by atoms with van der Waals surface area (Å²) in [5.41, 5.74) is 3.18. The van der Waals surface area contributed by atoms with Crippen LogP contribution in [0.1, 0.15) is 6.92 Å². The van der Waals surface area contributed by atoms with E-state index in [1.54, 1.807) is 0 Å². The summed E-state index contributed by atoms with van der Waals surface area (Å²) in [5, 5.41) is 1.88. The summed E-state index contributed by atoms with van der Waals surface area (Å²) >= 11 is 6.19. The van der Waals surface area contributed by atoms with Crippen molar-refractivity contribution in [3.05, 3.63) is 41.4 Å². The molecule has 1 saturated heterocycles. The molecule has 1 fully saturated rings. The van der Waals surface area contributed by atoms with E-state index >= 15 is 0 Å². The Morgan fingerprint density at radius 1 is 1.22 bits per heavy atom. The van der Waals surface area contributed by atoms with Gasteiger partial charge in [0.15, 0.2) is 5.49 Å². The van der Waals surface area contributed by atoms with Crippen LogP contribution in [0.25, 0.3) is 17.1 Å². The molecule has 1 aliphatic heterocycles. The number of piperazine rings is 1. The van der Waals surface area contributed by atoms with Crippen molar-refractivity contribution < 1.29 is 0 Å². The SMILES string of the molecule is C=Cn1c(=NCC)c(N2CCN(C)CC2)cc2ccc(Cl)cc21. The quantitative estimate of drug-likeness (QED) is 0.863. The van der Waals surface area contributed by atoms with Crippen LogP contribution in [0, 0.1) is 0 Å². The maximum absolute atomic E-state index is 6.19. The number of fused-ring (bicyclic) bond motifs is 1. The van der Waals surface area contributed by atoms with E-state index in [0.29, 0.717) is 0 Å². The molecule has 0 aliphatic carbocycles. The van der Waals surface area contributed by atoms with Gasteiger partial charge in [-0.05, 0) is 32.2 Å². The second kappa shape index (κ2) is 6.77. The van der Waals surface area contributed by atoms with E-state index in [9.17, 15) is 0 Å². The molecule has 5 heteroatoms. The molecule has 1 aromatic heterocycles. The third-order valence-corrected chi connectivity index (χ3v) is 4.57. The van der Waals surface area contributed by atoms with Crippen molar-refractivity contribution in [3.8, 4) is 0 Å². The predicted octanol–water partition coefficient (Wildman–Crippen LogP) is 3.07. The number of rotatable bonds is 3. The molecular weight excluding hydrogens is 308 g/mol. The lowest BCUT2D eigenvalue weighted by Crippen LogP contribution is -2.46. The first-order valence-electron chi connectivity index (χ1n) is 8.05. The van der Waals surface area contributed by atoms with Crippen molar-refractivity contribution in [1.29, 1.82) is 0 Å². The maximum Gasteiger partial charge on any atom is 0.156 e. The molecular formula is C18H23ClN4. The standard InChI is InChI=1S/C18H23ClN4/c1-4-20-18-17(22-10-8-21(3)9-11-22)12-14-6-7-15(19)13-16(14)23(18)5-2/h5-7,12-13H,2,4,8-11H2,1,3H3. The zero-order chi connectivity index (χ0) is 16.4. The van der Waals surface area contributed by atoms with Gasteiger partial charge in [0.25, 0.3) is 0 Å². The minimum absolute atomic E-state index is 0.725. The number of halogens is 1. The van der Waals surface area contributed by atoms with Crippen molar-refractivity contribution in [1.82, 2.24) is 9.47 Å². The van der Waals surface area contributed by atoms with Gasteiger partial charge in [0, 0.05) is 49.3 Å². The van der Waals surface area contributed by atoms with Crippen LogP contribution < -0.4 is 10.4 Å². The molecule has 0 unspecified atom stereocenters. The number of likely N-dealkylation sites (N-methyl/N-ethyl adjacent to an activating group) is 1. The Morgan fingerprint density at radius 2 is 1.96 bits per heavy atom. The van der Waals surface area contributed by atoms with Crippen LogP contribution in [0.15, 0.2) is 35.8 Å². The third-order valence-electron chi connectivity index (χ3n) is 4.34. The van der Waals surface area contributed by atoms with Crippen LogP contribution >= 0.6 is 11.6 Å². The normalized spacial score (nSPS) is 17.0. The van der Waals surface area contributed by atoms with Gasteiger partial charge >= 0.3 is 0 Å². The average molecular weight is 331 g/mol. The summed E-state index contributed by atoms with van der Waals surface area (Å²) in [7, 11) is 2.17. The van der Waals surface area contributed by atoms with Crippen LogP contribution in [-0.4, -0.2) is 49.2 Å². The molecule has 1 aliphatic rings. The smallest absolute Gasteiger partial charge is 0.156 e. The number of anilines is 1. The van der Waals surface area contributed by atoms with Gasteiger partial charge in [0.05, 0.1) is 11.2 Å². The fraction of sp³-hybridized carbons (Fsp3) is 0.389. The summed E-state index contributed by atoms with van der Waals surface area (Å²) in [6, 6.07) is 8.20. The summed E-state index contributed by atoms with van der Waals surface area (Å²) in [4.78, 5) is 9.52. The van der Waals surface area contributed by atoms with E-state index in [4.69, 9.17) is 16.6 Å². The van der Waals surface area contributed by atoms with E-state index < -0.39 is 0 Å². The number of benzene rings is 1. The van der Waals surface area contributed by atoms with Crippen molar-refractivity contribution in [2.24, 2.45) is 4.99 Å². The number of nitrogens with zero attached hydrogens (tertiary/aromatic N) is 4. The van der Waals surface area contributed by atoms with Gasteiger partial charge in [-0.25, -0.2) is 0 Å². The first-order valence-corrected chi connectivity index (χ1v) is 8.43. The van der Waals surface area contributed by atoms with Crippen molar-refractivity contribution in [2.45, 2.75) is 6.92 Å². The Bertz CT molecular complexity index is 785. The zero-order valence-electron chi connectivity index (χ0n) is 13.8. The lowest BCUT2D eigenvalue weighted by atomic mass is 10.1. The molecule has 0 radical (unpaired) electrons. The minimum Gasteiger partial charge on any atom is -0.366 e. The maximum atomic E-state index is 6.19. The Kier molecular flexibility index (Phi) is 4.74. The molecule has 3 rings (SSSR count). The van der Waals surface area contributed by atoms with Crippen LogP contribution in [0.2, 0.25) is 5.02 Å². The molecule has 0 spiro atoms. The highest BCUT2D eigenvalue weighted by molar-refractivity contribution is 6.31. The zero-order valence-corrected chi connectivity index (χ0v) is 14.6. The van der Waals surface area contributed by atoms with Crippen LogP contribution in [0.4, 0.5) is 5.69 Å². The summed E-state index contributed by atoms with van der Waals surface area (Å²) in [6.07, 6.45) is 1.83. The topological polar surface area (TPSA) is 23.8 Å². The highest BCUT2D eigenvalue weighted by Crippen LogP contribution is 2.23. The molecule has 1 aromatic carbocycles. The first kappa shape index (κ1) is 16.1. The summed E-state index contributed by atoms with van der Waals surface area (Å²) in [6.45, 7) is 10.9. The van der Waals surface area contributed by atoms with Crippen molar-refractivity contribution >= 4 is 34.4 Å².